The van der Waals surface area contributed by atoms with Gasteiger partial charge in [0.2, 0.25) is 0 Å². The molecular weight excluding hydrogens is 318 g/mol. The Kier molecular flexibility index (Phi) is 5.24. The average molecular weight is 334 g/mol. The summed E-state index contributed by atoms with van der Waals surface area (Å²) in [6, 6.07) is 9.36. The molecule has 0 heterocycles. The number of aryl methyl sites for hydroxylation is 1. The zero-order valence-electron chi connectivity index (χ0n) is 12.5. The maximum atomic E-state index is 11.5. The number of hydrogen-bond donors (Lipinski definition) is 3. The molecule has 0 saturated carbocycles. The Labute approximate surface area is 138 Å². The van der Waals surface area contributed by atoms with Crippen molar-refractivity contribution in [3.63, 3.8) is 0 Å². The predicted octanol–water partition coefficient (Wildman–Crippen LogP) is 4.43. The van der Waals surface area contributed by atoms with Crippen LogP contribution in [0.15, 0.2) is 36.4 Å². The highest BCUT2D eigenvalue weighted by Crippen LogP contribution is 2.28. The van der Waals surface area contributed by atoms with Gasteiger partial charge in [-0.3, -0.25) is 0 Å². The molecule has 2 aromatic rings. The standard InChI is InChI=1S/C17H16ClNO4/c1-2-3-10-4-7-14(13(8-10)17(22)23)19-15-9-11(18)5-6-12(15)16(20)21/h4-9,19H,2-3H2,1H3,(H,20,21)(H,22,23). The molecule has 120 valence electrons. The van der Waals surface area contributed by atoms with Crippen LogP contribution in [0.4, 0.5) is 11.4 Å². The van der Waals surface area contributed by atoms with Crippen molar-refractivity contribution in [1.82, 2.24) is 0 Å². The SMILES string of the molecule is CCCc1ccc(Nc2cc(Cl)ccc2C(=O)O)c(C(=O)O)c1. The lowest BCUT2D eigenvalue weighted by atomic mass is 10.0. The van der Waals surface area contributed by atoms with E-state index >= 15 is 0 Å². The minimum atomic E-state index is -1.12. The number of anilines is 2. The summed E-state index contributed by atoms with van der Waals surface area (Å²) < 4.78 is 0. The van der Waals surface area contributed by atoms with Gasteiger partial charge >= 0.3 is 11.9 Å². The molecule has 3 N–H and O–H groups in total. The van der Waals surface area contributed by atoms with Crippen LogP contribution >= 0.6 is 11.6 Å². The molecule has 0 spiro atoms. The lowest BCUT2D eigenvalue weighted by molar-refractivity contribution is 0.0688. The lowest BCUT2D eigenvalue weighted by Crippen LogP contribution is -2.07. The fourth-order valence-corrected chi connectivity index (χ4v) is 2.45. The van der Waals surface area contributed by atoms with Crippen LogP contribution in [-0.4, -0.2) is 22.2 Å². The highest BCUT2D eigenvalue weighted by atomic mass is 35.5. The van der Waals surface area contributed by atoms with Crippen molar-refractivity contribution in [2.24, 2.45) is 0 Å². The van der Waals surface area contributed by atoms with Crippen molar-refractivity contribution < 1.29 is 19.8 Å². The van der Waals surface area contributed by atoms with Gasteiger partial charge in [-0.1, -0.05) is 31.0 Å². The van der Waals surface area contributed by atoms with E-state index in [-0.39, 0.29) is 16.8 Å². The normalized spacial score (nSPS) is 10.3. The number of benzene rings is 2. The smallest absolute Gasteiger partial charge is 0.337 e. The van der Waals surface area contributed by atoms with E-state index < -0.39 is 11.9 Å². The Morgan fingerprint density at radius 2 is 1.70 bits per heavy atom. The molecule has 23 heavy (non-hydrogen) atoms. The van der Waals surface area contributed by atoms with Crippen molar-refractivity contribution in [3.05, 3.63) is 58.1 Å². The third-order valence-electron chi connectivity index (χ3n) is 3.33. The summed E-state index contributed by atoms with van der Waals surface area (Å²) in [5, 5.41) is 21.8. The van der Waals surface area contributed by atoms with Crippen LogP contribution in [0.1, 0.15) is 39.6 Å². The molecule has 0 atom stereocenters. The summed E-state index contributed by atoms with van der Waals surface area (Å²) in [5.41, 5.74) is 1.59. The average Bonchev–Trinajstić information content (AvgIpc) is 2.48. The summed E-state index contributed by atoms with van der Waals surface area (Å²) in [4.78, 5) is 22.8. The molecule has 2 aromatic carbocycles. The van der Waals surface area contributed by atoms with Crippen LogP contribution in [0.25, 0.3) is 0 Å². The van der Waals surface area contributed by atoms with E-state index in [0.717, 1.165) is 18.4 Å². The van der Waals surface area contributed by atoms with Crippen LogP contribution in [0.2, 0.25) is 5.02 Å². The largest absolute Gasteiger partial charge is 0.478 e. The van der Waals surface area contributed by atoms with E-state index in [1.165, 1.54) is 18.2 Å². The Morgan fingerprint density at radius 1 is 1.00 bits per heavy atom. The summed E-state index contributed by atoms with van der Waals surface area (Å²) in [6.45, 7) is 2.01. The second kappa shape index (κ2) is 7.15. The minimum Gasteiger partial charge on any atom is -0.478 e. The molecule has 0 aromatic heterocycles. The number of carboxylic acids is 2. The molecule has 0 radical (unpaired) electrons. The van der Waals surface area contributed by atoms with Crippen LogP contribution in [0, 0.1) is 0 Å². The molecular formula is C17H16ClNO4. The lowest BCUT2D eigenvalue weighted by Gasteiger charge is -2.13. The number of carboxylic acid groups (broad SMARTS) is 2. The molecule has 0 aliphatic rings. The van der Waals surface area contributed by atoms with Gasteiger partial charge in [0.1, 0.15) is 0 Å². The Balaban J connectivity index is 2.46. The van der Waals surface area contributed by atoms with Crippen molar-refractivity contribution >= 4 is 34.9 Å². The first kappa shape index (κ1) is 16.8. The fourth-order valence-electron chi connectivity index (χ4n) is 2.27. The first-order valence-corrected chi connectivity index (χ1v) is 7.46. The number of hydrogen-bond acceptors (Lipinski definition) is 3. The number of aromatic carboxylic acids is 2. The number of rotatable bonds is 6. The first-order valence-electron chi connectivity index (χ1n) is 7.08. The fraction of sp³-hybridized carbons (Fsp3) is 0.176. The quantitative estimate of drug-likeness (QED) is 0.727. The van der Waals surface area contributed by atoms with Gasteiger partial charge in [-0.2, -0.15) is 0 Å². The van der Waals surface area contributed by atoms with E-state index in [0.29, 0.717) is 10.7 Å². The summed E-state index contributed by atoms with van der Waals surface area (Å²) in [5.74, 6) is -2.20. The molecule has 0 aliphatic carbocycles. The third kappa shape index (κ3) is 4.02. The van der Waals surface area contributed by atoms with E-state index in [9.17, 15) is 19.8 Å². The molecule has 0 saturated heterocycles. The van der Waals surface area contributed by atoms with Gasteiger partial charge in [0.15, 0.2) is 0 Å². The molecule has 2 rings (SSSR count). The molecule has 0 aliphatic heterocycles. The molecule has 6 heteroatoms. The van der Waals surface area contributed by atoms with Gasteiger partial charge < -0.3 is 15.5 Å². The van der Waals surface area contributed by atoms with Crippen LogP contribution in [0.5, 0.6) is 0 Å². The zero-order valence-corrected chi connectivity index (χ0v) is 13.2. The summed E-state index contributed by atoms with van der Waals surface area (Å²) >= 11 is 5.91. The van der Waals surface area contributed by atoms with Crippen LogP contribution < -0.4 is 5.32 Å². The second-order valence-corrected chi connectivity index (χ2v) is 5.49. The second-order valence-electron chi connectivity index (χ2n) is 5.06. The minimum absolute atomic E-state index is 0.0170. The predicted molar refractivity (Wildman–Crippen MR) is 89.1 cm³/mol. The molecule has 5 nitrogen and oxygen atoms in total. The number of halogens is 1. The highest BCUT2D eigenvalue weighted by Gasteiger charge is 2.15. The Hall–Kier alpha value is -2.53. The van der Waals surface area contributed by atoms with Gasteiger partial charge in [0, 0.05) is 5.02 Å². The van der Waals surface area contributed by atoms with Gasteiger partial charge in [0.05, 0.1) is 22.5 Å². The van der Waals surface area contributed by atoms with Crippen molar-refractivity contribution in [2.45, 2.75) is 19.8 Å². The van der Waals surface area contributed by atoms with E-state index in [2.05, 4.69) is 5.32 Å². The van der Waals surface area contributed by atoms with Crippen molar-refractivity contribution in [3.8, 4) is 0 Å². The van der Waals surface area contributed by atoms with E-state index in [1.54, 1.807) is 12.1 Å². The van der Waals surface area contributed by atoms with Crippen LogP contribution in [0.3, 0.4) is 0 Å². The van der Waals surface area contributed by atoms with Gasteiger partial charge in [-0.05, 0) is 42.3 Å². The van der Waals surface area contributed by atoms with Gasteiger partial charge in [-0.25, -0.2) is 9.59 Å². The van der Waals surface area contributed by atoms with E-state index in [1.807, 2.05) is 13.0 Å². The van der Waals surface area contributed by atoms with Crippen molar-refractivity contribution in [2.75, 3.05) is 5.32 Å². The maximum absolute atomic E-state index is 11.5. The maximum Gasteiger partial charge on any atom is 0.337 e. The topological polar surface area (TPSA) is 86.6 Å². The van der Waals surface area contributed by atoms with Crippen molar-refractivity contribution in [1.29, 1.82) is 0 Å². The third-order valence-corrected chi connectivity index (χ3v) is 3.57. The summed E-state index contributed by atoms with van der Waals surface area (Å²) in [7, 11) is 0. The van der Waals surface area contributed by atoms with E-state index in [4.69, 9.17) is 11.6 Å². The van der Waals surface area contributed by atoms with Gasteiger partial charge in [0.25, 0.3) is 0 Å². The Morgan fingerprint density at radius 3 is 2.30 bits per heavy atom. The molecule has 0 amide bonds. The van der Waals surface area contributed by atoms with Gasteiger partial charge in [-0.15, -0.1) is 0 Å². The molecule has 0 bridgehead atoms. The van der Waals surface area contributed by atoms with Crippen LogP contribution in [-0.2, 0) is 6.42 Å². The molecule has 0 unspecified atom stereocenters. The number of nitrogens with one attached hydrogen (secondary N) is 1. The number of carbonyl (C=O) groups is 2. The first-order chi connectivity index (χ1) is 10.9. The highest BCUT2D eigenvalue weighted by molar-refractivity contribution is 6.31. The zero-order chi connectivity index (χ0) is 17.0. The molecule has 0 fully saturated rings. The Bertz CT molecular complexity index is 758. The summed E-state index contributed by atoms with van der Waals surface area (Å²) in [6.07, 6.45) is 1.68. The monoisotopic (exact) mass is 333 g/mol.